The van der Waals surface area contributed by atoms with E-state index in [-0.39, 0.29) is 23.9 Å². The first-order chi connectivity index (χ1) is 19.6. The van der Waals surface area contributed by atoms with Crippen molar-refractivity contribution in [3.63, 3.8) is 0 Å². The normalized spacial score (nSPS) is 13.0. The maximum absolute atomic E-state index is 14.4. The Balaban J connectivity index is 2.10. The zero-order valence-electron chi connectivity index (χ0n) is 25.3. The number of likely N-dealkylation sites (N-methyl/N-ethyl adjacent to an activating group) is 1. The highest BCUT2D eigenvalue weighted by Gasteiger charge is 2.38. The molecule has 0 bridgehead atoms. The molecule has 0 spiro atoms. The Morgan fingerprint density at radius 1 is 1.24 bits per heavy atom. The second-order valence-corrected chi connectivity index (χ2v) is 14.8. The van der Waals surface area contributed by atoms with Crippen molar-refractivity contribution in [1.82, 2.24) is 19.0 Å². The lowest BCUT2D eigenvalue weighted by atomic mass is 10.0. The summed E-state index contributed by atoms with van der Waals surface area (Å²) in [6.07, 6.45) is 5.98. The Morgan fingerprint density at radius 2 is 1.90 bits per heavy atom. The first-order valence-corrected chi connectivity index (χ1v) is 16.5. The lowest BCUT2D eigenvalue weighted by Gasteiger charge is -2.33. The van der Waals surface area contributed by atoms with Crippen LogP contribution in [0.5, 0.6) is 5.75 Å². The van der Waals surface area contributed by atoms with Crippen molar-refractivity contribution >= 4 is 37.2 Å². The molecule has 226 valence electrons. The van der Waals surface area contributed by atoms with Crippen molar-refractivity contribution in [2.75, 3.05) is 26.7 Å². The number of methoxy groups -OCH3 is 1. The maximum Gasteiger partial charge on any atom is 0.333 e. The van der Waals surface area contributed by atoms with Gasteiger partial charge in [-0.2, -0.15) is 0 Å². The fourth-order valence-electron chi connectivity index (χ4n) is 4.91. The molecule has 1 atom stereocenters. The van der Waals surface area contributed by atoms with Crippen LogP contribution in [0, 0.1) is 6.92 Å². The number of ether oxygens (including phenoxy) is 1. The number of fused-ring (bicyclic) bond motifs is 1. The van der Waals surface area contributed by atoms with Crippen molar-refractivity contribution in [3.05, 3.63) is 68.7 Å². The number of carbonyl (C=O) groups is 1. The largest absolute Gasteiger partial charge is 0.496 e. The number of aromatic nitrogens is 3. The van der Waals surface area contributed by atoms with Crippen LogP contribution in [0.2, 0.25) is 0 Å². The highest BCUT2D eigenvalue weighted by atomic mass is 32.2. The minimum absolute atomic E-state index is 0.0656. The summed E-state index contributed by atoms with van der Waals surface area (Å²) in [5.74, 6) is 0.438. The Hall–Kier alpha value is -3.71. The smallest absolute Gasteiger partial charge is 0.333 e. The number of aryl methyl sites for hydroxylation is 1. The molecule has 4 rings (SSSR count). The number of carbonyl (C=O) groups excluding carboxylic acids is 1. The molecule has 4 aromatic rings. The standard InChI is InChI=1S/C29H37N5O6S2/c1-17(2)32(6)27(36)29(4,5)34-25(35)22-18(3)23(24-30-14-15-40-24)41-26(22)33(28(34)37)16-20(31-42(8,9)38)19-12-10-11-13-21(19)39-7/h10-15,17,20H,16H2,1-9H3. The van der Waals surface area contributed by atoms with Crippen LogP contribution in [0.15, 0.2) is 55.1 Å². The van der Waals surface area contributed by atoms with E-state index in [0.29, 0.717) is 32.5 Å². The Labute approximate surface area is 248 Å². The zero-order chi connectivity index (χ0) is 31.1. The van der Waals surface area contributed by atoms with Gasteiger partial charge in [-0.15, -0.1) is 11.3 Å². The lowest BCUT2D eigenvalue weighted by molar-refractivity contribution is -0.139. The molecule has 1 aromatic carbocycles. The third kappa shape index (κ3) is 5.67. The number of hydrogen-bond acceptors (Lipinski definition) is 9. The van der Waals surface area contributed by atoms with Crippen LogP contribution < -0.4 is 16.0 Å². The van der Waals surface area contributed by atoms with Crippen LogP contribution in [-0.4, -0.2) is 61.8 Å². The van der Waals surface area contributed by atoms with Gasteiger partial charge < -0.3 is 14.1 Å². The van der Waals surface area contributed by atoms with Gasteiger partial charge in [-0.3, -0.25) is 18.4 Å². The molecule has 0 radical (unpaired) electrons. The number of nitrogens with zero attached hydrogens (tertiary/aromatic N) is 5. The van der Waals surface area contributed by atoms with Gasteiger partial charge in [0.25, 0.3) is 5.56 Å². The topological polar surface area (TPSA) is 129 Å². The summed E-state index contributed by atoms with van der Waals surface area (Å²) in [5, 5.41) is 0.272. The maximum atomic E-state index is 14.4. The fourth-order valence-corrected chi connectivity index (χ4v) is 6.95. The first-order valence-electron chi connectivity index (χ1n) is 13.4. The molecular formula is C29H37N5O6S2. The Bertz CT molecular complexity index is 1870. The first kappa shape index (κ1) is 31.2. The molecule has 1 unspecified atom stereocenters. The highest BCUT2D eigenvalue weighted by Crippen LogP contribution is 2.37. The quantitative estimate of drug-likeness (QED) is 0.275. The molecule has 1 amide bonds. The minimum Gasteiger partial charge on any atom is -0.496 e. The minimum atomic E-state index is -2.65. The van der Waals surface area contributed by atoms with Crippen LogP contribution >= 0.6 is 11.3 Å². The van der Waals surface area contributed by atoms with E-state index in [0.717, 1.165) is 4.57 Å². The molecule has 13 heteroatoms. The predicted octanol–water partition coefficient (Wildman–Crippen LogP) is 4.27. The molecule has 11 nitrogen and oxygen atoms in total. The van der Waals surface area contributed by atoms with E-state index < -0.39 is 32.6 Å². The number of para-hydroxylation sites is 1. The van der Waals surface area contributed by atoms with Crippen molar-refractivity contribution in [1.29, 1.82) is 0 Å². The summed E-state index contributed by atoms with van der Waals surface area (Å²) in [7, 11) is 0.521. The molecular weight excluding hydrogens is 578 g/mol. The summed E-state index contributed by atoms with van der Waals surface area (Å²) in [5.41, 5.74) is -1.59. The van der Waals surface area contributed by atoms with Crippen LogP contribution in [0.4, 0.5) is 0 Å². The lowest BCUT2D eigenvalue weighted by Crippen LogP contribution is -2.57. The SMILES string of the molecule is COc1ccccc1C(Cn1c(=O)n(C(C)(C)C(=O)N(C)C(C)C)c(=O)c2c(C)c(-c3ncco3)sc21)N=S(C)(C)=O. The van der Waals surface area contributed by atoms with Gasteiger partial charge in [-0.05, 0) is 46.2 Å². The molecule has 3 heterocycles. The van der Waals surface area contributed by atoms with E-state index in [1.165, 1.54) is 52.9 Å². The third-order valence-corrected chi connectivity index (χ3v) is 9.32. The monoisotopic (exact) mass is 615 g/mol. The summed E-state index contributed by atoms with van der Waals surface area (Å²) in [6, 6.07) is 6.26. The van der Waals surface area contributed by atoms with E-state index in [4.69, 9.17) is 9.15 Å². The van der Waals surface area contributed by atoms with Gasteiger partial charge in [0, 0.05) is 40.9 Å². The molecule has 0 aliphatic rings. The van der Waals surface area contributed by atoms with Gasteiger partial charge in [0.1, 0.15) is 28.4 Å². The number of rotatable bonds is 9. The number of hydrogen-bond donors (Lipinski definition) is 0. The average molecular weight is 616 g/mol. The van der Waals surface area contributed by atoms with E-state index in [1.807, 2.05) is 26.0 Å². The molecule has 0 saturated heterocycles. The number of oxazole rings is 1. The second-order valence-electron chi connectivity index (χ2n) is 11.2. The summed E-state index contributed by atoms with van der Waals surface area (Å²) in [6.45, 7) is 8.55. The Kier molecular flexibility index (Phi) is 8.57. The van der Waals surface area contributed by atoms with Gasteiger partial charge in [-0.25, -0.2) is 18.7 Å². The van der Waals surface area contributed by atoms with Crippen molar-refractivity contribution < 1.29 is 18.2 Å². The highest BCUT2D eigenvalue weighted by molar-refractivity contribution is 7.92. The molecule has 0 N–H and O–H groups in total. The number of amides is 1. The van der Waals surface area contributed by atoms with Gasteiger partial charge in [-0.1, -0.05) is 18.2 Å². The molecule has 42 heavy (non-hydrogen) atoms. The number of benzene rings is 1. The third-order valence-electron chi connectivity index (χ3n) is 7.25. The zero-order valence-corrected chi connectivity index (χ0v) is 27.0. The predicted molar refractivity (Wildman–Crippen MR) is 166 cm³/mol. The second kappa shape index (κ2) is 11.5. The molecule has 3 aromatic heterocycles. The summed E-state index contributed by atoms with van der Waals surface area (Å²) < 4.78 is 31.2. The van der Waals surface area contributed by atoms with Gasteiger partial charge in [0.2, 0.25) is 11.8 Å². The van der Waals surface area contributed by atoms with Gasteiger partial charge in [0.15, 0.2) is 0 Å². The van der Waals surface area contributed by atoms with E-state index in [9.17, 15) is 18.6 Å². The van der Waals surface area contributed by atoms with Crippen molar-refractivity contribution in [3.8, 4) is 16.5 Å². The molecule has 0 aliphatic carbocycles. The van der Waals surface area contributed by atoms with Crippen LogP contribution in [0.1, 0.15) is 44.9 Å². The van der Waals surface area contributed by atoms with Gasteiger partial charge >= 0.3 is 5.69 Å². The molecule has 0 aliphatic heterocycles. The Morgan fingerprint density at radius 3 is 2.48 bits per heavy atom. The molecule has 0 saturated carbocycles. The summed E-state index contributed by atoms with van der Waals surface area (Å²) >= 11 is 1.19. The molecule has 0 fully saturated rings. The van der Waals surface area contributed by atoms with E-state index in [2.05, 4.69) is 9.35 Å². The van der Waals surface area contributed by atoms with Crippen LogP contribution in [0.25, 0.3) is 21.0 Å². The fraction of sp³-hybridized carbons (Fsp3) is 0.448. The number of thiophene rings is 1. The van der Waals surface area contributed by atoms with Crippen LogP contribution in [-0.2, 0) is 26.6 Å². The van der Waals surface area contributed by atoms with Crippen molar-refractivity contribution in [2.45, 2.75) is 58.8 Å². The van der Waals surface area contributed by atoms with E-state index >= 15 is 0 Å². The van der Waals surface area contributed by atoms with Crippen molar-refractivity contribution in [2.24, 2.45) is 4.36 Å². The summed E-state index contributed by atoms with van der Waals surface area (Å²) in [4.78, 5) is 49.0. The average Bonchev–Trinajstić information content (AvgIpc) is 3.56. The van der Waals surface area contributed by atoms with Crippen LogP contribution in [0.3, 0.4) is 0 Å². The van der Waals surface area contributed by atoms with E-state index in [1.54, 1.807) is 40.0 Å². The van der Waals surface area contributed by atoms with Gasteiger partial charge in [0.05, 0.1) is 30.1 Å².